The van der Waals surface area contributed by atoms with Crippen LogP contribution in [0.15, 0.2) is 53.3 Å². The normalized spacial score (nSPS) is 12.8. The predicted octanol–water partition coefficient (Wildman–Crippen LogP) is 3.25. The smallest absolute Gasteiger partial charge is 0.266 e. The molecule has 3 rings (SSSR count). The highest BCUT2D eigenvalue weighted by atomic mass is 32.1. The largest absolute Gasteiger partial charge is 0.493 e. The van der Waals surface area contributed by atoms with Crippen LogP contribution in [0.25, 0.3) is 12.2 Å². The van der Waals surface area contributed by atoms with Gasteiger partial charge >= 0.3 is 0 Å². The minimum atomic E-state index is -0.494. The molecule has 2 aromatic carbocycles. The zero-order valence-corrected chi connectivity index (χ0v) is 18.3. The van der Waals surface area contributed by atoms with Crippen LogP contribution in [0, 0.1) is 5.41 Å². The van der Waals surface area contributed by atoms with E-state index in [1.165, 1.54) is 17.4 Å². The lowest BCUT2D eigenvalue weighted by atomic mass is 9.91. The molecular formula is C24H25NO4S. The van der Waals surface area contributed by atoms with Crippen LogP contribution >= 0.6 is 11.3 Å². The number of carbonyl (C=O) groups excluding carboxylic acids is 1. The van der Waals surface area contributed by atoms with Gasteiger partial charge in [0.1, 0.15) is 6.61 Å². The van der Waals surface area contributed by atoms with Gasteiger partial charge in [-0.3, -0.25) is 9.59 Å². The van der Waals surface area contributed by atoms with Crippen molar-refractivity contribution in [3.8, 4) is 11.5 Å². The zero-order valence-electron chi connectivity index (χ0n) is 17.5. The Bertz CT molecular complexity index is 1200. The summed E-state index contributed by atoms with van der Waals surface area (Å²) < 4.78 is 12.4. The van der Waals surface area contributed by atoms with E-state index < -0.39 is 5.41 Å². The number of ketones is 1. The van der Waals surface area contributed by atoms with Crippen LogP contribution in [-0.4, -0.2) is 17.9 Å². The Morgan fingerprint density at radius 2 is 1.83 bits per heavy atom. The number of hydrogen-bond donors (Lipinski definition) is 1. The van der Waals surface area contributed by atoms with Crippen LogP contribution in [0.1, 0.15) is 31.9 Å². The minimum Gasteiger partial charge on any atom is -0.493 e. The predicted molar refractivity (Wildman–Crippen MR) is 120 cm³/mol. The first-order chi connectivity index (χ1) is 14.3. The van der Waals surface area contributed by atoms with Crippen molar-refractivity contribution in [2.75, 3.05) is 7.11 Å². The lowest BCUT2D eigenvalue weighted by Crippen LogP contribution is -2.22. The molecule has 0 radical (unpaired) electrons. The zero-order chi connectivity index (χ0) is 21.7. The fourth-order valence-corrected chi connectivity index (χ4v) is 3.53. The molecule has 0 spiro atoms. The molecule has 0 aliphatic rings. The quantitative estimate of drug-likeness (QED) is 0.661. The number of Topliss-reactive ketones (excluding diaryl/α,β-unsaturated/α-hetero) is 1. The highest BCUT2D eigenvalue weighted by Crippen LogP contribution is 2.29. The molecule has 0 amide bonds. The maximum Gasteiger partial charge on any atom is 0.266 e. The molecule has 6 heteroatoms. The monoisotopic (exact) mass is 423 g/mol. The average Bonchev–Trinajstić information content (AvgIpc) is 3.05. The van der Waals surface area contributed by atoms with Gasteiger partial charge in [-0.25, -0.2) is 0 Å². The fourth-order valence-electron chi connectivity index (χ4n) is 2.64. The Balaban J connectivity index is 1.91. The topological polar surface area (TPSA) is 68.4 Å². The first-order valence-corrected chi connectivity index (χ1v) is 10.4. The molecule has 0 saturated heterocycles. The molecule has 0 fully saturated rings. The van der Waals surface area contributed by atoms with Crippen molar-refractivity contribution in [2.24, 2.45) is 5.41 Å². The second-order valence-corrected chi connectivity index (χ2v) is 8.96. The first kappa shape index (κ1) is 21.6. The Labute approximate surface area is 179 Å². The van der Waals surface area contributed by atoms with Crippen molar-refractivity contribution in [3.63, 3.8) is 0 Å². The van der Waals surface area contributed by atoms with Crippen molar-refractivity contribution in [3.05, 3.63) is 79.2 Å². The summed E-state index contributed by atoms with van der Waals surface area (Å²) in [4.78, 5) is 27.3. The van der Waals surface area contributed by atoms with E-state index in [0.29, 0.717) is 27.3 Å². The van der Waals surface area contributed by atoms with Gasteiger partial charge in [-0.1, -0.05) is 57.2 Å². The number of ether oxygens (including phenoxy) is 2. The number of aromatic amines is 1. The van der Waals surface area contributed by atoms with E-state index in [-0.39, 0.29) is 11.3 Å². The molecule has 0 unspecified atom stereocenters. The first-order valence-electron chi connectivity index (χ1n) is 9.58. The van der Waals surface area contributed by atoms with Gasteiger partial charge in [-0.2, -0.15) is 0 Å². The second kappa shape index (κ2) is 9.13. The summed E-state index contributed by atoms with van der Waals surface area (Å²) in [7, 11) is 1.59. The van der Waals surface area contributed by atoms with Gasteiger partial charge in [0.25, 0.3) is 5.56 Å². The van der Waals surface area contributed by atoms with E-state index in [1.807, 2.05) is 69.3 Å². The standard InChI is InChI=1S/C24H25NO4S/c1-24(2,3)21(26)14-22-25-23(27)20(30-22)13-17-10-11-18(28-4)19(12-17)29-15-16-8-6-5-7-9-16/h5-14H,15H2,1-4H3,(H,25,27)/b20-13-,22-14-. The van der Waals surface area contributed by atoms with Crippen molar-refractivity contribution >= 4 is 29.3 Å². The molecule has 0 atom stereocenters. The average molecular weight is 424 g/mol. The number of thiazole rings is 1. The van der Waals surface area contributed by atoms with Crippen LogP contribution in [-0.2, 0) is 11.4 Å². The summed E-state index contributed by atoms with van der Waals surface area (Å²) in [5, 5.41) is 0. The van der Waals surface area contributed by atoms with Crippen molar-refractivity contribution in [1.82, 2.24) is 4.98 Å². The number of nitrogens with one attached hydrogen (secondary N) is 1. The van der Waals surface area contributed by atoms with E-state index in [4.69, 9.17) is 9.47 Å². The number of carbonyl (C=O) groups is 1. The van der Waals surface area contributed by atoms with E-state index >= 15 is 0 Å². The molecule has 0 aliphatic heterocycles. The van der Waals surface area contributed by atoms with Crippen molar-refractivity contribution < 1.29 is 14.3 Å². The van der Waals surface area contributed by atoms with Gasteiger partial charge in [0, 0.05) is 11.5 Å². The summed E-state index contributed by atoms with van der Waals surface area (Å²) >= 11 is 1.25. The van der Waals surface area contributed by atoms with Gasteiger partial charge in [-0.05, 0) is 29.3 Å². The lowest BCUT2D eigenvalue weighted by molar-refractivity contribution is -0.119. The summed E-state index contributed by atoms with van der Waals surface area (Å²) in [6, 6.07) is 15.4. The number of hydrogen-bond acceptors (Lipinski definition) is 5. The molecule has 0 saturated carbocycles. The van der Waals surface area contributed by atoms with Gasteiger partial charge in [0.15, 0.2) is 17.3 Å². The highest BCUT2D eigenvalue weighted by molar-refractivity contribution is 7.07. The molecule has 0 bridgehead atoms. The number of aromatic nitrogens is 1. The van der Waals surface area contributed by atoms with Crippen LogP contribution in [0.5, 0.6) is 11.5 Å². The van der Waals surface area contributed by atoms with Crippen LogP contribution < -0.4 is 24.2 Å². The number of methoxy groups -OCH3 is 1. The molecule has 3 aromatic rings. The molecule has 1 aromatic heterocycles. The molecule has 156 valence electrons. The maximum atomic E-state index is 12.3. The fraction of sp³-hybridized carbons (Fsp3) is 0.250. The van der Waals surface area contributed by atoms with Crippen molar-refractivity contribution in [1.29, 1.82) is 0 Å². The molecule has 1 heterocycles. The lowest BCUT2D eigenvalue weighted by Gasteiger charge is -2.12. The van der Waals surface area contributed by atoms with Crippen molar-refractivity contribution in [2.45, 2.75) is 27.4 Å². The Hall–Kier alpha value is -3.12. The third-order valence-electron chi connectivity index (χ3n) is 4.40. The number of rotatable bonds is 6. The molecule has 30 heavy (non-hydrogen) atoms. The summed E-state index contributed by atoms with van der Waals surface area (Å²) in [6.07, 6.45) is 3.27. The Morgan fingerprint density at radius 1 is 1.10 bits per heavy atom. The third-order valence-corrected chi connectivity index (χ3v) is 5.37. The van der Waals surface area contributed by atoms with E-state index in [9.17, 15) is 9.59 Å². The number of benzene rings is 2. The van der Waals surface area contributed by atoms with E-state index in [1.54, 1.807) is 13.2 Å². The van der Waals surface area contributed by atoms with Gasteiger partial charge < -0.3 is 14.5 Å². The summed E-state index contributed by atoms with van der Waals surface area (Å²) in [5.74, 6) is 1.18. The molecule has 0 aliphatic carbocycles. The van der Waals surface area contributed by atoms with Crippen LogP contribution in [0.2, 0.25) is 0 Å². The molecule has 5 nitrogen and oxygen atoms in total. The number of H-pyrrole nitrogens is 1. The third kappa shape index (κ3) is 5.48. The Morgan fingerprint density at radius 3 is 2.50 bits per heavy atom. The Kier molecular flexibility index (Phi) is 6.57. The minimum absolute atomic E-state index is 0.0346. The highest BCUT2D eigenvalue weighted by Gasteiger charge is 2.18. The van der Waals surface area contributed by atoms with Gasteiger partial charge in [0.2, 0.25) is 0 Å². The van der Waals surface area contributed by atoms with E-state index in [0.717, 1.165) is 11.1 Å². The maximum absolute atomic E-state index is 12.3. The van der Waals surface area contributed by atoms with Crippen LogP contribution in [0.4, 0.5) is 0 Å². The van der Waals surface area contributed by atoms with Gasteiger partial charge in [0.05, 0.1) is 16.3 Å². The summed E-state index contributed by atoms with van der Waals surface area (Å²) in [6.45, 7) is 5.95. The van der Waals surface area contributed by atoms with Gasteiger partial charge in [-0.15, -0.1) is 11.3 Å². The molecule has 1 N–H and O–H groups in total. The summed E-state index contributed by atoms with van der Waals surface area (Å²) in [5.41, 5.74) is 1.13. The van der Waals surface area contributed by atoms with Crippen LogP contribution in [0.3, 0.4) is 0 Å². The second-order valence-electron chi connectivity index (χ2n) is 7.87. The molecular weight excluding hydrogens is 398 g/mol. The SMILES string of the molecule is COc1ccc(/C=c2\s/c(=C\C(=O)C(C)(C)C)[nH]c2=O)cc1OCc1ccccc1. The van der Waals surface area contributed by atoms with E-state index in [2.05, 4.69) is 4.98 Å².